The molecular formula is C39H40IrN2OSi-2. The number of furan rings is 1. The van der Waals surface area contributed by atoms with Gasteiger partial charge in [-0.25, -0.2) is 0 Å². The van der Waals surface area contributed by atoms with Crippen molar-refractivity contribution >= 4 is 35.2 Å². The molecule has 3 nitrogen and oxygen atoms in total. The van der Waals surface area contributed by atoms with Gasteiger partial charge in [-0.05, 0) is 53.3 Å². The third-order valence-electron chi connectivity index (χ3n) is 8.57. The first-order chi connectivity index (χ1) is 20.8. The zero-order valence-corrected chi connectivity index (χ0v) is 29.7. The van der Waals surface area contributed by atoms with Gasteiger partial charge in [0.05, 0.1) is 13.7 Å². The molecule has 1 aliphatic rings. The first-order valence-corrected chi connectivity index (χ1v) is 19.1. The number of pyridine rings is 2. The van der Waals surface area contributed by atoms with Crippen molar-refractivity contribution in [1.82, 2.24) is 9.97 Å². The fraction of sp³-hybridized carbons (Fsp3) is 0.282. The summed E-state index contributed by atoms with van der Waals surface area (Å²) in [5.74, 6) is 1.22. The van der Waals surface area contributed by atoms with Crippen molar-refractivity contribution < 1.29 is 24.5 Å². The van der Waals surface area contributed by atoms with E-state index < -0.39 is 8.07 Å². The predicted molar refractivity (Wildman–Crippen MR) is 183 cm³/mol. The summed E-state index contributed by atoms with van der Waals surface area (Å²) in [6.45, 7) is 11.5. The van der Waals surface area contributed by atoms with Crippen LogP contribution in [0.15, 0.2) is 95.7 Å². The van der Waals surface area contributed by atoms with Gasteiger partial charge in [-0.3, -0.25) is 0 Å². The normalized spacial score (nSPS) is 13.6. The number of benzene rings is 3. The van der Waals surface area contributed by atoms with Crippen molar-refractivity contribution in [1.29, 1.82) is 0 Å². The zero-order chi connectivity index (χ0) is 30.0. The smallest absolute Gasteiger partial charge is 0.120 e. The molecule has 1 saturated carbocycles. The molecule has 1 aliphatic carbocycles. The van der Waals surface area contributed by atoms with Crippen molar-refractivity contribution in [2.24, 2.45) is 0 Å². The van der Waals surface area contributed by atoms with Crippen LogP contribution in [0.5, 0.6) is 0 Å². The molecule has 0 unspecified atom stereocenters. The Hall–Kier alpha value is -3.37. The average Bonchev–Trinajstić information content (AvgIpc) is 3.70. The van der Waals surface area contributed by atoms with E-state index in [0.717, 1.165) is 33.7 Å². The van der Waals surface area contributed by atoms with E-state index in [1.54, 1.807) is 0 Å². The fourth-order valence-electron chi connectivity index (χ4n) is 6.12. The largest absolute Gasteiger partial charge is 0.501 e. The number of aromatic nitrogens is 2. The maximum absolute atomic E-state index is 6.35. The molecule has 227 valence electrons. The van der Waals surface area contributed by atoms with Crippen LogP contribution in [0.1, 0.15) is 62.5 Å². The van der Waals surface area contributed by atoms with Crippen LogP contribution in [0.25, 0.3) is 44.5 Å². The Morgan fingerprint density at radius 2 is 1.57 bits per heavy atom. The molecule has 0 spiro atoms. The van der Waals surface area contributed by atoms with Gasteiger partial charge in [0, 0.05) is 37.9 Å². The van der Waals surface area contributed by atoms with Crippen LogP contribution in [0.2, 0.25) is 19.6 Å². The van der Waals surface area contributed by atoms with Crippen molar-refractivity contribution in [3.63, 3.8) is 0 Å². The number of fused-ring (bicyclic) bond motifs is 3. The van der Waals surface area contributed by atoms with Crippen molar-refractivity contribution in [3.05, 3.63) is 115 Å². The fourth-order valence-corrected chi connectivity index (χ4v) is 7.72. The van der Waals surface area contributed by atoms with Crippen LogP contribution in [-0.4, -0.2) is 18.0 Å². The van der Waals surface area contributed by atoms with Crippen molar-refractivity contribution in [2.45, 2.75) is 71.0 Å². The molecule has 7 rings (SSSR count). The SMILES string of the molecule is CC(C)c1ccc(-c2[c-]cccc2)nc1.C[Si](C)(C)c1cccc2oc3c(-c4ccc(C5CCCC5)cn4)[c-]ccc3c12.[Ir]. The second-order valence-electron chi connectivity index (χ2n) is 13.0. The number of hydrogen-bond acceptors (Lipinski definition) is 3. The van der Waals surface area contributed by atoms with E-state index in [2.05, 4.69) is 105 Å². The summed E-state index contributed by atoms with van der Waals surface area (Å²) >= 11 is 0. The quantitative estimate of drug-likeness (QED) is 0.129. The number of rotatable bonds is 5. The molecule has 5 heteroatoms. The Balaban J connectivity index is 0.000000204. The minimum absolute atomic E-state index is 0. The second-order valence-corrected chi connectivity index (χ2v) is 18.0. The van der Waals surface area contributed by atoms with E-state index in [1.165, 1.54) is 52.8 Å². The van der Waals surface area contributed by atoms with E-state index in [0.29, 0.717) is 11.8 Å². The van der Waals surface area contributed by atoms with Gasteiger partial charge in [0.2, 0.25) is 0 Å². The standard InChI is InChI=1S/C25H26NOSi.C14H14N.Ir/c1-28(2,3)23-13-7-12-22-24(23)20-11-6-10-19(25(20)27-22)21-15-14-18(16-26-21)17-8-4-5-9-17;1-11(2)13-8-9-14(15-10-13)12-6-4-3-5-7-12;/h6-7,11-17H,4-5,8-9H2,1-3H3;3-6,8-11H,1-2H3;/q2*-1;. The second kappa shape index (κ2) is 13.7. The molecule has 0 N–H and O–H groups in total. The van der Waals surface area contributed by atoms with Crippen LogP contribution in [-0.2, 0) is 20.1 Å². The molecule has 0 atom stereocenters. The molecule has 3 heterocycles. The van der Waals surface area contributed by atoms with Gasteiger partial charge in [0.25, 0.3) is 0 Å². The van der Waals surface area contributed by atoms with Crippen LogP contribution in [0.4, 0.5) is 0 Å². The Morgan fingerprint density at radius 1 is 0.795 bits per heavy atom. The maximum Gasteiger partial charge on any atom is 0.120 e. The van der Waals surface area contributed by atoms with Gasteiger partial charge in [-0.15, -0.1) is 54.1 Å². The molecule has 0 bridgehead atoms. The summed E-state index contributed by atoms with van der Waals surface area (Å²) < 4.78 is 6.35. The van der Waals surface area contributed by atoms with Crippen molar-refractivity contribution in [2.75, 3.05) is 0 Å². The third-order valence-corrected chi connectivity index (χ3v) is 10.6. The molecule has 0 aliphatic heterocycles. The van der Waals surface area contributed by atoms with E-state index in [-0.39, 0.29) is 20.1 Å². The van der Waals surface area contributed by atoms with Crippen LogP contribution in [0.3, 0.4) is 0 Å². The molecule has 0 saturated heterocycles. The van der Waals surface area contributed by atoms with Gasteiger partial charge in [-0.1, -0.05) is 98.9 Å². The molecule has 3 aromatic carbocycles. The maximum atomic E-state index is 6.35. The third kappa shape index (κ3) is 6.81. The molecule has 3 aromatic heterocycles. The summed E-state index contributed by atoms with van der Waals surface area (Å²) in [7, 11) is -1.48. The molecule has 44 heavy (non-hydrogen) atoms. The van der Waals surface area contributed by atoms with Gasteiger partial charge in [0.1, 0.15) is 5.58 Å². The van der Waals surface area contributed by atoms with E-state index >= 15 is 0 Å². The molecule has 1 radical (unpaired) electrons. The summed E-state index contributed by atoms with van der Waals surface area (Å²) in [6.07, 6.45) is 9.29. The first kappa shape index (κ1) is 32.0. The van der Waals surface area contributed by atoms with Gasteiger partial charge < -0.3 is 14.4 Å². The Morgan fingerprint density at radius 3 is 2.20 bits per heavy atom. The molecule has 1 fully saturated rings. The molecule has 0 amide bonds. The van der Waals surface area contributed by atoms with Crippen molar-refractivity contribution in [3.8, 4) is 22.5 Å². The first-order valence-electron chi connectivity index (χ1n) is 15.6. The van der Waals surface area contributed by atoms with Gasteiger partial charge in [-0.2, -0.15) is 0 Å². The minimum atomic E-state index is -1.48. The minimum Gasteiger partial charge on any atom is -0.501 e. The van der Waals surface area contributed by atoms with Crippen LogP contribution < -0.4 is 5.19 Å². The molecular weight excluding hydrogens is 733 g/mol. The zero-order valence-electron chi connectivity index (χ0n) is 26.3. The van der Waals surface area contributed by atoms with Gasteiger partial charge >= 0.3 is 0 Å². The Bertz CT molecular complexity index is 1820. The summed E-state index contributed by atoms with van der Waals surface area (Å²) in [4.78, 5) is 9.24. The Labute approximate surface area is 276 Å². The predicted octanol–water partition coefficient (Wildman–Crippen LogP) is 10.3. The van der Waals surface area contributed by atoms with Crippen LogP contribution in [0, 0.1) is 12.1 Å². The Kier molecular flexibility index (Phi) is 9.99. The summed E-state index contributed by atoms with van der Waals surface area (Å²) in [5, 5.41) is 3.91. The summed E-state index contributed by atoms with van der Waals surface area (Å²) in [6, 6.07) is 33.7. The van der Waals surface area contributed by atoms with E-state index in [1.807, 2.05) is 36.5 Å². The monoisotopic (exact) mass is 773 g/mol. The average molecular weight is 773 g/mol. The van der Waals surface area contributed by atoms with E-state index in [4.69, 9.17) is 9.40 Å². The van der Waals surface area contributed by atoms with Gasteiger partial charge in [0.15, 0.2) is 0 Å². The van der Waals surface area contributed by atoms with Crippen LogP contribution >= 0.6 is 0 Å². The number of hydrogen-bond donors (Lipinski definition) is 0. The summed E-state index contributed by atoms with van der Waals surface area (Å²) in [5.41, 5.74) is 8.47. The molecule has 6 aromatic rings. The number of nitrogens with zero attached hydrogens (tertiary/aromatic N) is 2. The topological polar surface area (TPSA) is 38.9 Å². The van der Waals surface area contributed by atoms with E-state index in [9.17, 15) is 0 Å².